The first-order valence-corrected chi connectivity index (χ1v) is 7.59. The van der Waals surface area contributed by atoms with E-state index in [0.717, 1.165) is 11.3 Å². The molecule has 0 spiro atoms. The minimum absolute atomic E-state index is 0.367. The summed E-state index contributed by atoms with van der Waals surface area (Å²) in [6.45, 7) is 4.62. The van der Waals surface area contributed by atoms with Gasteiger partial charge in [0.15, 0.2) is 0 Å². The number of aromatic nitrogens is 4. The van der Waals surface area contributed by atoms with Crippen molar-refractivity contribution in [3.63, 3.8) is 0 Å². The van der Waals surface area contributed by atoms with Gasteiger partial charge in [-0.15, -0.1) is 6.58 Å². The molecule has 2 aromatic heterocycles. The number of esters is 1. The van der Waals surface area contributed by atoms with Crippen molar-refractivity contribution >= 4 is 11.9 Å². The van der Waals surface area contributed by atoms with Gasteiger partial charge in [0.05, 0.1) is 25.8 Å². The summed E-state index contributed by atoms with van der Waals surface area (Å²) in [5.74, 6) is 1.62. The van der Waals surface area contributed by atoms with Gasteiger partial charge in [0.1, 0.15) is 11.5 Å². The summed E-state index contributed by atoms with van der Waals surface area (Å²) < 4.78 is 12.1. The highest BCUT2D eigenvalue weighted by Crippen LogP contribution is 2.23. The molecule has 1 N–H and O–H groups in total. The number of carbonyl (C=O) groups excluding carboxylic acids is 1. The van der Waals surface area contributed by atoms with Crippen LogP contribution in [0.25, 0.3) is 11.3 Å². The molecule has 25 heavy (non-hydrogen) atoms. The fourth-order valence-corrected chi connectivity index (χ4v) is 2.26. The lowest BCUT2D eigenvalue weighted by Gasteiger charge is -2.03. The summed E-state index contributed by atoms with van der Waals surface area (Å²) in [6, 6.07) is 10.8. The molecule has 1 aromatic carbocycles. The SMILES string of the molecule is C=CCn1nnnc1NCc1ccc(-c2ccc(C(=O)OC)cc2)o1. The minimum Gasteiger partial charge on any atom is -0.465 e. The maximum absolute atomic E-state index is 11.5. The first-order valence-electron chi connectivity index (χ1n) is 7.59. The van der Waals surface area contributed by atoms with E-state index in [9.17, 15) is 4.79 Å². The highest BCUT2D eigenvalue weighted by atomic mass is 16.5. The summed E-state index contributed by atoms with van der Waals surface area (Å²) in [6.07, 6.45) is 1.71. The fraction of sp³-hybridized carbons (Fsp3) is 0.176. The second-order valence-electron chi connectivity index (χ2n) is 5.16. The van der Waals surface area contributed by atoms with Crippen molar-refractivity contribution in [3.05, 3.63) is 60.4 Å². The van der Waals surface area contributed by atoms with Gasteiger partial charge >= 0.3 is 5.97 Å². The standard InChI is InChI=1S/C17H17N5O3/c1-3-10-22-17(19-20-21-22)18-11-14-8-9-15(25-14)12-4-6-13(7-5-12)16(23)24-2/h3-9H,1,10-11H2,2H3,(H,18,19,21). The maximum Gasteiger partial charge on any atom is 0.337 e. The number of hydrogen-bond acceptors (Lipinski definition) is 7. The van der Waals surface area contributed by atoms with Crippen LogP contribution in [0.2, 0.25) is 0 Å². The minimum atomic E-state index is -0.367. The number of hydrogen-bond donors (Lipinski definition) is 1. The Labute approximate surface area is 144 Å². The van der Waals surface area contributed by atoms with Crippen LogP contribution in [0.1, 0.15) is 16.1 Å². The average molecular weight is 339 g/mol. The van der Waals surface area contributed by atoms with Crippen LogP contribution in [0.15, 0.2) is 53.5 Å². The fourth-order valence-electron chi connectivity index (χ4n) is 2.26. The molecule has 0 atom stereocenters. The first kappa shape index (κ1) is 16.4. The monoisotopic (exact) mass is 339 g/mol. The Morgan fingerprint density at radius 3 is 2.84 bits per heavy atom. The number of methoxy groups -OCH3 is 1. The van der Waals surface area contributed by atoms with Crippen LogP contribution in [0.5, 0.6) is 0 Å². The number of nitrogens with one attached hydrogen (secondary N) is 1. The number of anilines is 1. The first-order chi connectivity index (χ1) is 12.2. The van der Waals surface area contributed by atoms with Crippen LogP contribution in [0.3, 0.4) is 0 Å². The number of benzene rings is 1. The topological polar surface area (TPSA) is 95.1 Å². The molecule has 0 bridgehead atoms. The molecule has 0 radical (unpaired) electrons. The molecule has 8 heteroatoms. The summed E-state index contributed by atoms with van der Waals surface area (Å²) in [5.41, 5.74) is 1.36. The number of ether oxygens (including phenoxy) is 1. The molecule has 0 aliphatic carbocycles. The molecule has 0 fully saturated rings. The number of tetrazole rings is 1. The summed E-state index contributed by atoms with van der Waals surface area (Å²) >= 11 is 0. The Morgan fingerprint density at radius 2 is 2.12 bits per heavy atom. The molecular formula is C17H17N5O3. The van der Waals surface area contributed by atoms with Gasteiger partial charge < -0.3 is 14.5 Å². The number of rotatable bonds is 7. The van der Waals surface area contributed by atoms with Crippen molar-refractivity contribution in [1.29, 1.82) is 0 Å². The largest absolute Gasteiger partial charge is 0.465 e. The Kier molecular flexibility index (Phi) is 4.89. The number of carbonyl (C=O) groups is 1. The van der Waals surface area contributed by atoms with Gasteiger partial charge in [0, 0.05) is 5.56 Å². The van der Waals surface area contributed by atoms with E-state index in [1.54, 1.807) is 22.9 Å². The van der Waals surface area contributed by atoms with Crippen LogP contribution in [0, 0.1) is 0 Å². The molecule has 0 saturated carbocycles. The average Bonchev–Trinajstić information content (AvgIpc) is 3.29. The van der Waals surface area contributed by atoms with Gasteiger partial charge in [-0.3, -0.25) is 0 Å². The molecule has 0 aliphatic heterocycles. The van der Waals surface area contributed by atoms with Crippen LogP contribution in [-0.2, 0) is 17.8 Å². The molecule has 3 aromatic rings. The van der Waals surface area contributed by atoms with E-state index in [0.29, 0.717) is 30.4 Å². The van der Waals surface area contributed by atoms with Crippen LogP contribution in [-0.4, -0.2) is 33.3 Å². The lowest BCUT2D eigenvalue weighted by molar-refractivity contribution is 0.0600. The molecule has 3 rings (SSSR count). The summed E-state index contributed by atoms with van der Waals surface area (Å²) in [5, 5.41) is 14.5. The molecule has 0 aliphatic rings. The predicted molar refractivity (Wildman–Crippen MR) is 90.8 cm³/mol. The highest BCUT2D eigenvalue weighted by Gasteiger charge is 2.09. The quantitative estimate of drug-likeness (QED) is 0.522. The zero-order valence-corrected chi connectivity index (χ0v) is 13.7. The summed E-state index contributed by atoms with van der Waals surface area (Å²) in [7, 11) is 1.35. The van der Waals surface area contributed by atoms with Crippen molar-refractivity contribution in [2.45, 2.75) is 13.1 Å². The van der Waals surface area contributed by atoms with Crippen LogP contribution >= 0.6 is 0 Å². The number of nitrogens with zero attached hydrogens (tertiary/aromatic N) is 4. The molecule has 128 valence electrons. The third-order valence-corrected chi connectivity index (χ3v) is 3.51. The van der Waals surface area contributed by atoms with Crippen LogP contribution in [0.4, 0.5) is 5.95 Å². The molecule has 0 unspecified atom stereocenters. The zero-order chi connectivity index (χ0) is 17.6. The highest BCUT2D eigenvalue weighted by molar-refractivity contribution is 5.89. The van der Waals surface area contributed by atoms with E-state index in [-0.39, 0.29) is 5.97 Å². The van der Waals surface area contributed by atoms with Crippen LogP contribution < -0.4 is 5.32 Å². The smallest absolute Gasteiger partial charge is 0.337 e. The maximum atomic E-state index is 11.5. The lowest BCUT2D eigenvalue weighted by atomic mass is 10.1. The van der Waals surface area contributed by atoms with E-state index in [4.69, 9.17) is 4.42 Å². The predicted octanol–water partition coefficient (Wildman–Crippen LogP) is 2.52. The molecule has 8 nitrogen and oxygen atoms in total. The van der Waals surface area contributed by atoms with Gasteiger partial charge in [-0.05, 0) is 34.7 Å². The third kappa shape index (κ3) is 3.74. The van der Waals surface area contributed by atoms with Gasteiger partial charge in [-0.1, -0.05) is 23.3 Å². The Bertz CT molecular complexity index is 867. The second-order valence-corrected chi connectivity index (χ2v) is 5.16. The van der Waals surface area contributed by atoms with Crippen molar-refractivity contribution in [1.82, 2.24) is 20.2 Å². The number of furan rings is 1. The van der Waals surface area contributed by atoms with Gasteiger partial charge in [0.25, 0.3) is 0 Å². The Balaban J connectivity index is 1.67. The normalized spacial score (nSPS) is 10.4. The van der Waals surface area contributed by atoms with E-state index < -0.39 is 0 Å². The molecule has 0 saturated heterocycles. The Hall–Kier alpha value is -3.42. The van der Waals surface area contributed by atoms with Crippen molar-refractivity contribution in [2.75, 3.05) is 12.4 Å². The number of allylic oxidation sites excluding steroid dienone is 1. The van der Waals surface area contributed by atoms with Gasteiger partial charge in [-0.25, -0.2) is 9.48 Å². The Morgan fingerprint density at radius 1 is 1.32 bits per heavy atom. The van der Waals surface area contributed by atoms with Gasteiger partial charge in [-0.2, -0.15) is 0 Å². The zero-order valence-electron chi connectivity index (χ0n) is 13.7. The third-order valence-electron chi connectivity index (χ3n) is 3.51. The summed E-state index contributed by atoms with van der Waals surface area (Å²) in [4.78, 5) is 11.5. The lowest BCUT2D eigenvalue weighted by Crippen LogP contribution is -2.07. The van der Waals surface area contributed by atoms with Gasteiger partial charge in [0.2, 0.25) is 5.95 Å². The molecule has 2 heterocycles. The van der Waals surface area contributed by atoms with E-state index in [1.165, 1.54) is 7.11 Å². The van der Waals surface area contributed by atoms with Crippen molar-refractivity contribution < 1.29 is 13.9 Å². The van der Waals surface area contributed by atoms with E-state index in [2.05, 4.69) is 32.2 Å². The second kappa shape index (κ2) is 7.43. The van der Waals surface area contributed by atoms with Crippen molar-refractivity contribution in [3.8, 4) is 11.3 Å². The van der Waals surface area contributed by atoms with E-state index >= 15 is 0 Å². The molecule has 0 amide bonds. The molecular weight excluding hydrogens is 322 g/mol. The van der Waals surface area contributed by atoms with E-state index in [1.807, 2.05) is 24.3 Å². The van der Waals surface area contributed by atoms with Crippen molar-refractivity contribution in [2.24, 2.45) is 0 Å².